The monoisotopic (exact) mass is 284 g/mol. The maximum Gasteiger partial charge on any atom is 0.0419 e. The average molecular weight is 284 g/mol. The number of hydrogen-bond donors (Lipinski definition) is 1. The van der Waals surface area contributed by atoms with Crippen LogP contribution in [0.2, 0.25) is 0 Å². The van der Waals surface area contributed by atoms with E-state index in [0.717, 1.165) is 18.0 Å². The molecule has 0 saturated heterocycles. The summed E-state index contributed by atoms with van der Waals surface area (Å²) >= 11 is 0. The van der Waals surface area contributed by atoms with Crippen molar-refractivity contribution in [3.63, 3.8) is 0 Å². The predicted molar refractivity (Wildman–Crippen MR) is 85.8 cm³/mol. The molecule has 0 amide bonds. The van der Waals surface area contributed by atoms with Gasteiger partial charge in [0.15, 0.2) is 0 Å². The summed E-state index contributed by atoms with van der Waals surface area (Å²) in [6.07, 6.45) is 11.2. The number of pyridine rings is 1. The molecule has 4 saturated carbocycles. The van der Waals surface area contributed by atoms with Gasteiger partial charge in [-0.3, -0.25) is 4.98 Å². The molecule has 1 aromatic heterocycles. The Morgan fingerprint density at radius 2 is 1.86 bits per heavy atom. The first kappa shape index (κ1) is 13.8. The second kappa shape index (κ2) is 4.32. The van der Waals surface area contributed by atoms with Gasteiger partial charge in [-0.15, -0.1) is 0 Å². The van der Waals surface area contributed by atoms with E-state index in [4.69, 9.17) is 5.73 Å². The Morgan fingerprint density at radius 3 is 2.43 bits per heavy atom. The summed E-state index contributed by atoms with van der Waals surface area (Å²) < 4.78 is 0. The smallest absolute Gasteiger partial charge is 0.0419 e. The summed E-state index contributed by atoms with van der Waals surface area (Å²) in [5.41, 5.74) is 9.42. The number of nitrogens with zero attached hydrogens (tertiary/aromatic N) is 1. The van der Waals surface area contributed by atoms with Gasteiger partial charge in [-0.25, -0.2) is 0 Å². The molecule has 4 bridgehead atoms. The molecule has 114 valence electrons. The number of nitrogens with two attached hydrogens (primary N) is 1. The molecule has 2 heteroatoms. The van der Waals surface area contributed by atoms with Gasteiger partial charge in [-0.1, -0.05) is 19.9 Å². The lowest BCUT2D eigenvalue weighted by atomic mass is 9.39. The van der Waals surface area contributed by atoms with Crippen molar-refractivity contribution in [2.24, 2.45) is 27.9 Å². The van der Waals surface area contributed by atoms with E-state index in [9.17, 15) is 0 Å². The number of aromatic nitrogens is 1. The molecule has 1 heterocycles. The van der Waals surface area contributed by atoms with Crippen LogP contribution < -0.4 is 5.73 Å². The van der Waals surface area contributed by atoms with Crippen LogP contribution in [0.4, 0.5) is 0 Å². The van der Waals surface area contributed by atoms with Gasteiger partial charge in [0, 0.05) is 24.4 Å². The minimum Gasteiger partial charge on any atom is -0.327 e. The molecular weight excluding hydrogens is 256 g/mol. The number of rotatable bonds is 3. The topological polar surface area (TPSA) is 38.9 Å². The lowest BCUT2D eigenvalue weighted by Crippen LogP contribution is -2.61. The highest BCUT2D eigenvalue weighted by Crippen LogP contribution is 2.70. The standard InChI is InChI=1S/C19H28N2/c1-17-8-14-9-18(2,11-17)13-19(10-14,12-17)16(20)7-15-5-3-4-6-21-15/h3-6,14,16H,7-13,20H2,1-2H3. The highest BCUT2D eigenvalue weighted by molar-refractivity contribution is 5.15. The van der Waals surface area contributed by atoms with E-state index in [1.807, 2.05) is 12.3 Å². The van der Waals surface area contributed by atoms with Crippen molar-refractivity contribution in [3.8, 4) is 0 Å². The Morgan fingerprint density at radius 1 is 1.14 bits per heavy atom. The maximum absolute atomic E-state index is 6.78. The SMILES string of the molecule is CC12CC3CC(C)(C1)CC(C(N)Cc1ccccn1)(C3)C2. The van der Waals surface area contributed by atoms with E-state index in [1.165, 1.54) is 38.5 Å². The van der Waals surface area contributed by atoms with Gasteiger partial charge in [0.1, 0.15) is 0 Å². The summed E-state index contributed by atoms with van der Waals surface area (Å²) in [5, 5.41) is 0. The molecule has 21 heavy (non-hydrogen) atoms. The highest BCUT2D eigenvalue weighted by atomic mass is 14.8. The van der Waals surface area contributed by atoms with Crippen molar-refractivity contribution in [3.05, 3.63) is 30.1 Å². The van der Waals surface area contributed by atoms with Gasteiger partial charge in [-0.2, -0.15) is 0 Å². The molecular formula is C19H28N2. The predicted octanol–water partition coefficient (Wildman–Crippen LogP) is 3.95. The van der Waals surface area contributed by atoms with E-state index in [0.29, 0.717) is 16.2 Å². The summed E-state index contributed by atoms with van der Waals surface area (Å²) in [6.45, 7) is 5.05. The zero-order chi connectivity index (χ0) is 14.7. The summed E-state index contributed by atoms with van der Waals surface area (Å²) in [4.78, 5) is 4.50. The molecule has 1 aromatic rings. The average Bonchev–Trinajstić information content (AvgIpc) is 2.35. The lowest BCUT2D eigenvalue weighted by Gasteiger charge is -2.67. The second-order valence-corrected chi connectivity index (χ2v) is 9.12. The highest BCUT2D eigenvalue weighted by Gasteiger charge is 2.61. The molecule has 4 aliphatic rings. The van der Waals surface area contributed by atoms with Gasteiger partial charge in [-0.05, 0) is 72.8 Å². The van der Waals surface area contributed by atoms with Crippen molar-refractivity contribution in [2.45, 2.75) is 64.8 Å². The Bertz CT molecular complexity index is 520. The van der Waals surface area contributed by atoms with Crippen LogP contribution in [-0.2, 0) is 6.42 Å². The van der Waals surface area contributed by atoms with E-state index in [2.05, 4.69) is 31.0 Å². The lowest BCUT2D eigenvalue weighted by molar-refractivity contribution is -0.153. The second-order valence-electron chi connectivity index (χ2n) is 9.12. The minimum atomic E-state index is 0.273. The first-order valence-electron chi connectivity index (χ1n) is 8.56. The van der Waals surface area contributed by atoms with Gasteiger partial charge in [0.05, 0.1) is 0 Å². The fourth-order valence-electron chi connectivity index (χ4n) is 6.91. The van der Waals surface area contributed by atoms with E-state index >= 15 is 0 Å². The van der Waals surface area contributed by atoms with Gasteiger partial charge < -0.3 is 5.73 Å². The van der Waals surface area contributed by atoms with Crippen LogP contribution in [0.25, 0.3) is 0 Å². The molecule has 2 N–H and O–H groups in total. The molecule has 5 rings (SSSR count). The Hall–Kier alpha value is -0.890. The van der Waals surface area contributed by atoms with Gasteiger partial charge in [0.2, 0.25) is 0 Å². The third-order valence-electron chi connectivity index (χ3n) is 6.61. The van der Waals surface area contributed by atoms with Gasteiger partial charge >= 0.3 is 0 Å². The zero-order valence-corrected chi connectivity index (χ0v) is 13.4. The van der Waals surface area contributed by atoms with Crippen molar-refractivity contribution >= 4 is 0 Å². The number of hydrogen-bond acceptors (Lipinski definition) is 2. The molecule has 4 aliphatic carbocycles. The third kappa shape index (κ3) is 2.23. The van der Waals surface area contributed by atoms with Crippen LogP contribution in [0.3, 0.4) is 0 Å². The van der Waals surface area contributed by atoms with Crippen LogP contribution in [0.15, 0.2) is 24.4 Å². The molecule has 3 atom stereocenters. The quantitative estimate of drug-likeness (QED) is 0.913. The Balaban J connectivity index is 1.62. The maximum atomic E-state index is 6.78. The molecule has 0 radical (unpaired) electrons. The third-order valence-corrected chi connectivity index (χ3v) is 6.61. The van der Waals surface area contributed by atoms with E-state index in [1.54, 1.807) is 0 Å². The normalized spacial score (nSPS) is 45.8. The largest absolute Gasteiger partial charge is 0.327 e. The van der Waals surface area contributed by atoms with Crippen LogP contribution in [0, 0.1) is 22.2 Å². The summed E-state index contributed by atoms with van der Waals surface area (Å²) in [6, 6.07) is 6.47. The fraction of sp³-hybridized carbons (Fsp3) is 0.737. The van der Waals surface area contributed by atoms with Crippen molar-refractivity contribution in [2.75, 3.05) is 0 Å². The van der Waals surface area contributed by atoms with E-state index < -0.39 is 0 Å². The first-order chi connectivity index (χ1) is 9.91. The molecule has 4 fully saturated rings. The van der Waals surface area contributed by atoms with Crippen molar-refractivity contribution < 1.29 is 0 Å². The molecule has 0 spiro atoms. The zero-order valence-electron chi connectivity index (χ0n) is 13.4. The van der Waals surface area contributed by atoms with Crippen LogP contribution in [0.1, 0.15) is 58.1 Å². The van der Waals surface area contributed by atoms with Crippen LogP contribution >= 0.6 is 0 Å². The fourth-order valence-corrected chi connectivity index (χ4v) is 6.91. The Labute approximate surface area is 128 Å². The molecule has 2 nitrogen and oxygen atoms in total. The molecule has 3 unspecified atom stereocenters. The van der Waals surface area contributed by atoms with Crippen LogP contribution in [0.5, 0.6) is 0 Å². The minimum absolute atomic E-state index is 0.273. The first-order valence-corrected chi connectivity index (χ1v) is 8.56. The molecule has 0 aliphatic heterocycles. The van der Waals surface area contributed by atoms with Crippen molar-refractivity contribution in [1.82, 2.24) is 4.98 Å². The van der Waals surface area contributed by atoms with E-state index in [-0.39, 0.29) is 6.04 Å². The summed E-state index contributed by atoms with van der Waals surface area (Å²) in [5.74, 6) is 0.922. The van der Waals surface area contributed by atoms with Crippen molar-refractivity contribution in [1.29, 1.82) is 0 Å². The van der Waals surface area contributed by atoms with Gasteiger partial charge in [0.25, 0.3) is 0 Å². The Kier molecular flexibility index (Phi) is 2.83. The molecule has 0 aromatic carbocycles. The van der Waals surface area contributed by atoms with Crippen LogP contribution in [-0.4, -0.2) is 11.0 Å². The summed E-state index contributed by atoms with van der Waals surface area (Å²) in [7, 11) is 0.